The molecule has 2 aromatic rings. The van der Waals surface area contributed by atoms with Gasteiger partial charge in [0.25, 0.3) is 0 Å². The van der Waals surface area contributed by atoms with Crippen molar-refractivity contribution in [1.29, 1.82) is 0 Å². The molecule has 0 bridgehead atoms. The summed E-state index contributed by atoms with van der Waals surface area (Å²) >= 11 is 12.0. The number of carbonyl (C=O) groups is 1. The zero-order valence-corrected chi connectivity index (χ0v) is 12.7. The van der Waals surface area contributed by atoms with Crippen molar-refractivity contribution in [2.75, 3.05) is 0 Å². The fraction of sp³-hybridized carbons (Fsp3) is 0.0714. The van der Waals surface area contributed by atoms with Gasteiger partial charge in [-0.15, -0.1) is 12.6 Å². The predicted octanol–water partition coefficient (Wildman–Crippen LogP) is 3.84. The Kier molecular flexibility index (Phi) is 4.99. The van der Waals surface area contributed by atoms with E-state index in [9.17, 15) is 4.79 Å². The van der Waals surface area contributed by atoms with Gasteiger partial charge < -0.3 is 0 Å². The fourth-order valence-electron chi connectivity index (χ4n) is 1.86. The molecule has 0 aliphatic rings. The Balaban J connectivity index is 2.30. The molecule has 0 spiro atoms. The number of hydrogen-bond acceptors (Lipinski definition) is 4. The first-order valence-corrected chi connectivity index (χ1v) is 6.89. The van der Waals surface area contributed by atoms with Crippen LogP contribution in [0.2, 0.25) is 0 Å². The molecule has 2 aromatic carbocycles. The Labute approximate surface area is 129 Å². The van der Waals surface area contributed by atoms with Gasteiger partial charge in [-0.2, -0.15) is 3.71 Å². The van der Waals surface area contributed by atoms with E-state index in [-0.39, 0.29) is 5.12 Å². The van der Waals surface area contributed by atoms with E-state index in [4.69, 9.17) is 0 Å². The number of thiol groups is 3. The summed E-state index contributed by atoms with van der Waals surface area (Å²) < 4.78 is 1.26. The average Bonchev–Trinajstić information content (AvgIpc) is 2.40. The van der Waals surface area contributed by atoms with Crippen molar-refractivity contribution >= 4 is 43.4 Å². The lowest BCUT2D eigenvalue weighted by atomic mass is 10.0. The van der Waals surface area contributed by atoms with Gasteiger partial charge in [-0.3, -0.25) is 4.79 Å². The highest BCUT2D eigenvalue weighted by Crippen LogP contribution is 2.28. The van der Waals surface area contributed by atoms with Crippen LogP contribution < -0.4 is 0 Å². The summed E-state index contributed by atoms with van der Waals surface area (Å²) in [6.07, 6.45) is 0. The molecule has 2 nitrogen and oxygen atoms in total. The van der Waals surface area contributed by atoms with E-state index in [2.05, 4.69) is 38.3 Å². The molecule has 0 amide bonds. The van der Waals surface area contributed by atoms with E-state index in [0.717, 1.165) is 16.7 Å². The number of carbonyl (C=O) groups excluding carboxylic acids is 1. The van der Waals surface area contributed by atoms with Gasteiger partial charge in [0.05, 0.1) is 0 Å². The Morgan fingerprint density at radius 3 is 1.89 bits per heavy atom. The zero-order valence-electron chi connectivity index (χ0n) is 9.97. The fourth-order valence-corrected chi connectivity index (χ4v) is 2.79. The second-order valence-corrected chi connectivity index (χ2v) is 5.67. The molecule has 0 aliphatic heterocycles. The molecule has 0 saturated heterocycles. The summed E-state index contributed by atoms with van der Waals surface area (Å²) in [5.74, 6) is 0. The van der Waals surface area contributed by atoms with Crippen molar-refractivity contribution in [2.24, 2.45) is 0 Å². The van der Waals surface area contributed by atoms with Gasteiger partial charge in [0.15, 0.2) is 0 Å². The van der Waals surface area contributed by atoms with Crippen molar-refractivity contribution in [2.45, 2.75) is 6.04 Å². The molecule has 0 radical (unpaired) electrons. The maximum atomic E-state index is 11.5. The summed E-state index contributed by atoms with van der Waals surface area (Å²) in [6.45, 7) is 0. The first-order chi connectivity index (χ1) is 9.09. The summed E-state index contributed by atoms with van der Waals surface area (Å²) in [5.41, 5.74) is 3.04. The van der Waals surface area contributed by atoms with E-state index in [0.29, 0.717) is 0 Å². The van der Waals surface area contributed by atoms with Crippen molar-refractivity contribution in [3.8, 4) is 11.1 Å². The Morgan fingerprint density at radius 2 is 1.42 bits per heavy atom. The standard InChI is InChI=1S/C14H13NOS3/c16-14(17)13(15(18)19)12-8-6-11(7-9-12)10-4-2-1-3-5-10/h1-9,13,18-19H,(H,16,17). The monoisotopic (exact) mass is 307 g/mol. The molecule has 0 fully saturated rings. The highest BCUT2D eigenvalue weighted by atomic mass is 32.2. The van der Waals surface area contributed by atoms with Crippen molar-refractivity contribution in [3.63, 3.8) is 0 Å². The Morgan fingerprint density at radius 1 is 0.895 bits per heavy atom. The van der Waals surface area contributed by atoms with Crippen molar-refractivity contribution in [1.82, 2.24) is 3.71 Å². The first kappa shape index (κ1) is 14.5. The first-order valence-electron chi connectivity index (χ1n) is 5.65. The normalized spacial score (nSPS) is 12.4. The minimum absolute atomic E-state index is 0.294. The highest BCUT2D eigenvalue weighted by molar-refractivity contribution is 7.97. The number of rotatable bonds is 4. The third-order valence-electron chi connectivity index (χ3n) is 2.80. The van der Waals surface area contributed by atoms with Crippen LogP contribution in [0.15, 0.2) is 54.6 Å². The molecular weight excluding hydrogens is 294 g/mol. The van der Waals surface area contributed by atoms with E-state index in [1.165, 1.54) is 3.71 Å². The summed E-state index contributed by atoms with van der Waals surface area (Å²) in [5, 5.41) is -0.294. The van der Waals surface area contributed by atoms with Crippen LogP contribution in [-0.2, 0) is 4.79 Å². The Hall–Kier alpha value is -0.880. The summed E-state index contributed by atoms with van der Waals surface area (Å²) in [7, 11) is 0. The van der Waals surface area contributed by atoms with Crippen LogP contribution in [0.3, 0.4) is 0 Å². The molecule has 0 aromatic heterocycles. The molecule has 2 rings (SSSR count). The zero-order chi connectivity index (χ0) is 13.8. The average molecular weight is 307 g/mol. The third kappa shape index (κ3) is 3.57. The predicted molar refractivity (Wildman–Crippen MR) is 88.4 cm³/mol. The van der Waals surface area contributed by atoms with Crippen molar-refractivity contribution < 1.29 is 4.79 Å². The van der Waals surface area contributed by atoms with E-state index in [1.807, 2.05) is 54.6 Å². The van der Waals surface area contributed by atoms with Crippen molar-refractivity contribution in [3.05, 3.63) is 60.2 Å². The van der Waals surface area contributed by atoms with Crippen LogP contribution in [0, 0.1) is 0 Å². The Bertz CT molecular complexity index is 555. The SMILES string of the molecule is O=C(S)C(c1ccc(-c2ccccc2)cc1)N(S)S. The largest absolute Gasteiger partial charge is 0.285 e. The van der Waals surface area contributed by atoms with E-state index >= 15 is 0 Å². The molecule has 0 aliphatic carbocycles. The molecular formula is C14H13NOS3. The van der Waals surface area contributed by atoms with Crippen LogP contribution in [0.25, 0.3) is 11.1 Å². The maximum absolute atomic E-state index is 11.5. The number of benzene rings is 2. The van der Waals surface area contributed by atoms with E-state index < -0.39 is 6.04 Å². The lowest BCUT2D eigenvalue weighted by molar-refractivity contribution is -0.113. The van der Waals surface area contributed by atoms with Crippen LogP contribution in [0.5, 0.6) is 0 Å². The number of nitrogens with zero attached hydrogens (tertiary/aromatic N) is 1. The molecule has 5 heteroatoms. The van der Waals surface area contributed by atoms with Crippen LogP contribution >= 0.6 is 38.3 Å². The number of hydrogen-bond donors (Lipinski definition) is 3. The van der Waals surface area contributed by atoms with Gasteiger partial charge in [0.1, 0.15) is 6.04 Å². The molecule has 1 unspecified atom stereocenters. The molecule has 19 heavy (non-hydrogen) atoms. The van der Waals surface area contributed by atoms with Gasteiger partial charge in [-0.1, -0.05) is 80.2 Å². The second-order valence-electron chi connectivity index (χ2n) is 4.05. The lowest BCUT2D eigenvalue weighted by Gasteiger charge is -2.19. The van der Waals surface area contributed by atoms with Gasteiger partial charge in [0.2, 0.25) is 5.12 Å². The minimum atomic E-state index is -0.570. The second kappa shape index (κ2) is 6.52. The third-order valence-corrected chi connectivity index (χ3v) is 3.50. The molecule has 1 atom stereocenters. The highest BCUT2D eigenvalue weighted by Gasteiger charge is 2.21. The molecule has 98 valence electrons. The maximum Gasteiger partial charge on any atom is 0.209 e. The van der Waals surface area contributed by atoms with Gasteiger partial charge >= 0.3 is 0 Å². The topological polar surface area (TPSA) is 20.3 Å². The van der Waals surface area contributed by atoms with E-state index in [1.54, 1.807) is 0 Å². The smallest absolute Gasteiger partial charge is 0.209 e. The van der Waals surface area contributed by atoms with Gasteiger partial charge in [0, 0.05) is 0 Å². The quantitative estimate of drug-likeness (QED) is 0.746. The van der Waals surface area contributed by atoms with Crippen LogP contribution in [-0.4, -0.2) is 8.83 Å². The van der Waals surface area contributed by atoms with Gasteiger partial charge in [-0.25, -0.2) is 0 Å². The van der Waals surface area contributed by atoms with Gasteiger partial charge in [-0.05, 0) is 16.7 Å². The molecule has 0 saturated carbocycles. The summed E-state index contributed by atoms with van der Waals surface area (Å²) in [6, 6.07) is 17.2. The minimum Gasteiger partial charge on any atom is -0.285 e. The lowest BCUT2D eigenvalue weighted by Crippen LogP contribution is -2.16. The molecule has 0 heterocycles. The molecule has 0 N–H and O–H groups in total. The van der Waals surface area contributed by atoms with Crippen LogP contribution in [0.4, 0.5) is 0 Å². The van der Waals surface area contributed by atoms with Crippen LogP contribution in [0.1, 0.15) is 11.6 Å². The summed E-state index contributed by atoms with van der Waals surface area (Å²) in [4.78, 5) is 11.5.